The molecule has 8 nitrogen and oxygen atoms in total. The van der Waals surface area contributed by atoms with Crippen molar-refractivity contribution < 1.29 is 9.53 Å². The van der Waals surface area contributed by atoms with Gasteiger partial charge in [-0.05, 0) is 31.2 Å². The van der Waals surface area contributed by atoms with Crippen molar-refractivity contribution in [3.8, 4) is 17.5 Å². The summed E-state index contributed by atoms with van der Waals surface area (Å²) in [6, 6.07) is 12.4. The van der Waals surface area contributed by atoms with Gasteiger partial charge in [0.1, 0.15) is 11.4 Å². The molecule has 0 fully saturated rings. The molecule has 0 saturated heterocycles. The second-order valence-corrected chi connectivity index (χ2v) is 5.34. The normalized spacial score (nSPS) is 10.2. The van der Waals surface area contributed by atoms with Gasteiger partial charge in [0.15, 0.2) is 0 Å². The Bertz CT molecular complexity index is 989. The molecule has 3 aromatic rings. The van der Waals surface area contributed by atoms with E-state index in [0.29, 0.717) is 40.9 Å². The van der Waals surface area contributed by atoms with Crippen LogP contribution in [0.4, 0.5) is 11.6 Å². The Balaban J connectivity index is 1.87. The Labute approximate surface area is 150 Å². The van der Waals surface area contributed by atoms with Crippen LogP contribution in [0.15, 0.2) is 42.6 Å². The third kappa shape index (κ3) is 3.67. The van der Waals surface area contributed by atoms with Gasteiger partial charge in [-0.15, -0.1) is 0 Å². The van der Waals surface area contributed by atoms with E-state index in [1.54, 1.807) is 50.5 Å². The van der Waals surface area contributed by atoms with E-state index in [1.807, 2.05) is 6.07 Å². The Morgan fingerprint density at radius 3 is 2.92 bits per heavy atom. The number of anilines is 2. The van der Waals surface area contributed by atoms with Crippen molar-refractivity contribution in [2.45, 2.75) is 6.92 Å². The summed E-state index contributed by atoms with van der Waals surface area (Å²) in [5.41, 5.74) is 2.68. The number of hydrogen-bond donors (Lipinski definition) is 1. The van der Waals surface area contributed by atoms with Gasteiger partial charge >= 0.3 is 5.97 Å². The largest absolute Gasteiger partial charge is 0.461 e. The lowest BCUT2D eigenvalue weighted by Gasteiger charge is -2.05. The molecular formula is C18H16N6O2. The number of aryl methyl sites for hydroxylation is 1. The zero-order valence-corrected chi connectivity index (χ0v) is 14.3. The second kappa shape index (κ2) is 7.44. The Morgan fingerprint density at radius 1 is 1.31 bits per heavy atom. The van der Waals surface area contributed by atoms with Crippen LogP contribution in [0.2, 0.25) is 0 Å². The lowest BCUT2D eigenvalue weighted by Crippen LogP contribution is -2.10. The van der Waals surface area contributed by atoms with Crippen molar-refractivity contribution >= 4 is 17.6 Å². The highest BCUT2D eigenvalue weighted by Gasteiger charge is 2.16. The van der Waals surface area contributed by atoms with E-state index in [-0.39, 0.29) is 0 Å². The molecule has 8 heteroatoms. The summed E-state index contributed by atoms with van der Waals surface area (Å²) in [6.07, 6.45) is 1.59. The number of rotatable bonds is 5. The Hall–Kier alpha value is -3.73. The second-order valence-electron chi connectivity index (χ2n) is 5.34. The standard InChI is InChI=1S/C18H16N6O2/c1-3-26-17(25)16-10-15(23-24(16)2)14-7-8-20-18(22-14)21-13-6-4-5-12(9-13)11-19/h4-10H,3H2,1-2H3,(H,20,21,22). The molecule has 0 atom stereocenters. The predicted octanol–water partition coefficient (Wildman–Crippen LogP) is 2.67. The molecule has 0 aliphatic rings. The summed E-state index contributed by atoms with van der Waals surface area (Å²) in [4.78, 5) is 20.5. The molecule has 26 heavy (non-hydrogen) atoms. The van der Waals surface area contributed by atoms with Crippen LogP contribution < -0.4 is 5.32 Å². The van der Waals surface area contributed by atoms with Crippen LogP contribution in [0.25, 0.3) is 11.4 Å². The van der Waals surface area contributed by atoms with E-state index in [2.05, 4.69) is 26.5 Å². The fourth-order valence-corrected chi connectivity index (χ4v) is 2.35. The molecule has 0 saturated carbocycles. The van der Waals surface area contributed by atoms with Gasteiger partial charge in [-0.2, -0.15) is 10.4 Å². The quantitative estimate of drug-likeness (QED) is 0.707. The lowest BCUT2D eigenvalue weighted by atomic mass is 10.2. The number of ether oxygens (including phenoxy) is 1. The van der Waals surface area contributed by atoms with Gasteiger partial charge in [0.05, 0.1) is 23.9 Å². The monoisotopic (exact) mass is 348 g/mol. The average molecular weight is 348 g/mol. The van der Waals surface area contributed by atoms with E-state index in [1.165, 1.54) is 4.68 Å². The number of nitrogens with zero attached hydrogens (tertiary/aromatic N) is 5. The summed E-state index contributed by atoms with van der Waals surface area (Å²) >= 11 is 0. The van der Waals surface area contributed by atoms with E-state index in [9.17, 15) is 4.79 Å². The van der Waals surface area contributed by atoms with Gasteiger partial charge < -0.3 is 10.1 Å². The maximum absolute atomic E-state index is 11.9. The molecule has 0 spiro atoms. The highest BCUT2D eigenvalue weighted by Crippen LogP contribution is 2.20. The zero-order valence-electron chi connectivity index (χ0n) is 14.3. The highest BCUT2D eigenvalue weighted by molar-refractivity contribution is 5.88. The predicted molar refractivity (Wildman–Crippen MR) is 94.6 cm³/mol. The highest BCUT2D eigenvalue weighted by atomic mass is 16.5. The van der Waals surface area contributed by atoms with Crippen molar-refractivity contribution in [2.75, 3.05) is 11.9 Å². The number of hydrogen-bond acceptors (Lipinski definition) is 7. The van der Waals surface area contributed by atoms with Gasteiger partial charge in [0.2, 0.25) is 5.95 Å². The van der Waals surface area contributed by atoms with E-state index >= 15 is 0 Å². The maximum atomic E-state index is 11.9. The van der Waals surface area contributed by atoms with E-state index in [0.717, 1.165) is 0 Å². The van der Waals surface area contributed by atoms with Crippen molar-refractivity contribution in [3.63, 3.8) is 0 Å². The van der Waals surface area contributed by atoms with E-state index in [4.69, 9.17) is 10.00 Å². The average Bonchev–Trinajstić information content (AvgIpc) is 3.04. The van der Waals surface area contributed by atoms with Gasteiger partial charge in [0.25, 0.3) is 0 Å². The first-order valence-electron chi connectivity index (χ1n) is 7.92. The minimum atomic E-state index is -0.436. The van der Waals surface area contributed by atoms with Crippen molar-refractivity contribution in [1.29, 1.82) is 5.26 Å². The van der Waals surface area contributed by atoms with Gasteiger partial charge in [-0.25, -0.2) is 14.8 Å². The van der Waals surface area contributed by atoms with E-state index < -0.39 is 5.97 Å². The first-order valence-corrected chi connectivity index (χ1v) is 7.92. The van der Waals surface area contributed by atoms with Crippen molar-refractivity contribution in [3.05, 3.63) is 53.9 Å². The van der Waals surface area contributed by atoms with Crippen LogP contribution in [-0.2, 0) is 11.8 Å². The number of esters is 1. The van der Waals surface area contributed by atoms with Crippen molar-refractivity contribution in [2.24, 2.45) is 7.05 Å². The number of benzene rings is 1. The number of carbonyl (C=O) groups excluding carboxylic acids is 1. The molecule has 2 aromatic heterocycles. The zero-order chi connectivity index (χ0) is 18.5. The molecule has 1 aromatic carbocycles. The lowest BCUT2D eigenvalue weighted by molar-refractivity contribution is 0.0513. The minimum absolute atomic E-state index is 0.294. The Morgan fingerprint density at radius 2 is 2.15 bits per heavy atom. The van der Waals surface area contributed by atoms with Gasteiger partial charge in [0, 0.05) is 25.0 Å². The number of nitriles is 1. The molecule has 0 radical (unpaired) electrons. The Kier molecular flexibility index (Phi) is 4.90. The van der Waals surface area contributed by atoms with Crippen LogP contribution in [0, 0.1) is 11.3 Å². The first-order chi connectivity index (χ1) is 12.6. The fourth-order valence-electron chi connectivity index (χ4n) is 2.35. The van der Waals surface area contributed by atoms with Crippen LogP contribution in [0.5, 0.6) is 0 Å². The summed E-state index contributed by atoms with van der Waals surface area (Å²) in [5.74, 6) is -0.0737. The third-order valence-corrected chi connectivity index (χ3v) is 3.53. The molecular weight excluding hydrogens is 332 g/mol. The van der Waals surface area contributed by atoms with Gasteiger partial charge in [-0.3, -0.25) is 4.68 Å². The SMILES string of the molecule is CCOC(=O)c1cc(-c2ccnc(Nc3cccc(C#N)c3)n2)nn1C. The molecule has 0 unspecified atom stereocenters. The molecule has 0 aliphatic carbocycles. The van der Waals surface area contributed by atoms with Crippen LogP contribution >= 0.6 is 0 Å². The maximum Gasteiger partial charge on any atom is 0.356 e. The molecule has 0 bridgehead atoms. The molecule has 0 aliphatic heterocycles. The number of aromatic nitrogens is 4. The molecule has 2 heterocycles. The number of nitrogens with one attached hydrogen (secondary N) is 1. The topological polar surface area (TPSA) is 106 Å². The summed E-state index contributed by atoms with van der Waals surface area (Å²) in [5, 5.41) is 16.3. The molecule has 1 N–H and O–H groups in total. The third-order valence-electron chi connectivity index (χ3n) is 3.53. The molecule has 0 amide bonds. The number of carbonyl (C=O) groups is 1. The van der Waals surface area contributed by atoms with Gasteiger partial charge in [-0.1, -0.05) is 6.07 Å². The summed E-state index contributed by atoms with van der Waals surface area (Å²) < 4.78 is 6.47. The fraction of sp³-hybridized carbons (Fsp3) is 0.167. The summed E-state index contributed by atoms with van der Waals surface area (Å²) in [6.45, 7) is 2.04. The minimum Gasteiger partial charge on any atom is -0.461 e. The van der Waals surface area contributed by atoms with Crippen LogP contribution in [0.3, 0.4) is 0 Å². The first kappa shape index (κ1) is 17.1. The molecule has 130 valence electrons. The van der Waals surface area contributed by atoms with Crippen LogP contribution in [0.1, 0.15) is 23.0 Å². The smallest absolute Gasteiger partial charge is 0.356 e. The molecule has 3 rings (SSSR count). The summed E-state index contributed by atoms with van der Waals surface area (Å²) in [7, 11) is 1.67. The van der Waals surface area contributed by atoms with Crippen LogP contribution in [-0.4, -0.2) is 32.3 Å². The van der Waals surface area contributed by atoms with Crippen molar-refractivity contribution in [1.82, 2.24) is 19.7 Å².